The van der Waals surface area contributed by atoms with Crippen molar-refractivity contribution in [1.29, 1.82) is 0 Å². The topological polar surface area (TPSA) is 46.0 Å². The summed E-state index contributed by atoms with van der Waals surface area (Å²) in [5.74, 6) is 1.02. The number of nitrogens with zero attached hydrogens (tertiary/aromatic N) is 2. The third-order valence-corrected chi connectivity index (χ3v) is 4.59. The van der Waals surface area contributed by atoms with Crippen LogP contribution in [0, 0.1) is 0 Å². The number of hydrogen-bond acceptors (Lipinski definition) is 3. The van der Waals surface area contributed by atoms with Gasteiger partial charge in [-0.2, -0.15) is 0 Å². The minimum Gasteiger partial charge on any atom is -0.506 e. The fourth-order valence-electron chi connectivity index (χ4n) is 1.84. The fourth-order valence-corrected chi connectivity index (χ4v) is 2.70. The van der Waals surface area contributed by atoms with Crippen LogP contribution in [0.3, 0.4) is 0 Å². The van der Waals surface area contributed by atoms with Gasteiger partial charge in [0.05, 0.1) is 15.2 Å². The fraction of sp³-hybridized carbons (Fsp3) is 0.231. The Morgan fingerprint density at radius 3 is 2.58 bits per heavy atom. The Hall–Kier alpha value is -0.840. The van der Waals surface area contributed by atoms with Gasteiger partial charge >= 0.3 is 0 Å². The van der Waals surface area contributed by atoms with Crippen molar-refractivity contribution in [3.63, 3.8) is 0 Å². The largest absolute Gasteiger partial charge is 0.506 e. The Morgan fingerprint density at radius 1 is 1.21 bits per heavy atom. The van der Waals surface area contributed by atoms with Gasteiger partial charge in [0.25, 0.3) is 0 Å². The van der Waals surface area contributed by atoms with E-state index < -0.39 is 0 Å². The van der Waals surface area contributed by atoms with E-state index in [4.69, 9.17) is 23.2 Å². The van der Waals surface area contributed by atoms with Gasteiger partial charge in [-0.15, -0.1) is 0 Å². The Morgan fingerprint density at radius 2 is 1.95 bits per heavy atom. The van der Waals surface area contributed by atoms with Crippen LogP contribution in [0.5, 0.6) is 5.75 Å². The number of rotatable bonds is 2. The van der Waals surface area contributed by atoms with E-state index in [1.165, 1.54) is 6.07 Å². The van der Waals surface area contributed by atoms with Gasteiger partial charge in [-0.1, -0.05) is 23.2 Å². The summed E-state index contributed by atoms with van der Waals surface area (Å²) >= 11 is 15.5. The van der Waals surface area contributed by atoms with Gasteiger partial charge in [-0.05, 0) is 47.0 Å². The van der Waals surface area contributed by atoms with Gasteiger partial charge in [-0.25, -0.2) is 9.97 Å². The maximum Gasteiger partial charge on any atom is 0.161 e. The average Bonchev–Trinajstić information content (AvgIpc) is 3.20. The quantitative estimate of drug-likeness (QED) is 0.783. The van der Waals surface area contributed by atoms with Crippen LogP contribution in [-0.4, -0.2) is 15.1 Å². The molecule has 1 aromatic heterocycles. The van der Waals surface area contributed by atoms with Crippen molar-refractivity contribution >= 4 is 39.1 Å². The molecule has 6 heteroatoms. The summed E-state index contributed by atoms with van der Waals surface area (Å²) < 4.78 is 0.769. The van der Waals surface area contributed by atoms with Gasteiger partial charge in [0, 0.05) is 11.5 Å². The molecule has 1 aliphatic rings. The van der Waals surface area contributed by atoms with Crippen LogP contribution in [0.1, 0.15) is 24.5 Å². The van der Waals surface area contributed by atoms with Crippen molar-refractivity contribution in [2.24, 2.45) is 0 Å². The third-order valence-electron chi connectivity index (χ3n) is 3.01. The predicted octanol–water partition coefficient (Wildman–Crippen LogP) is 4.80. The number of benzene rings is 1. The smallest absolute Gasteiger partial charge is 0.161 e. The van der Waals surface area contributed by atoms with Crippen LogP contribution in [0.25, 0.3) is 11.4 Å². The number of aromatic hydroxyl groups is 1. The molecule has 1 saturated carbocycles. The Labute approximate surface area is 128 Å². The van der Waals surface area contributed by atoms with E-state index in [9.17, 15) is 5.11 Å². The van der Waals surface area contributed by atoms with E-state index in [2.05, 4.69) is 25.9 Å². The van der Waals surface area contributed by atoms with Gasteiger partial charge < -0.3 is 5.11 Å². The zero-order valence-corrected chi connectivity index (χ0v) is 12.8. The molecular formula is C13H9BrCl2N2O. The average molecular weight is 360 g/mol. The molecule has 3 rings (SSSR count). The molecule has 19 heavy (non-hydrogen) atoms. The lowest BCUT2D eigenvalue weighted by Gasteiger charge is -2.08. The lowest BCUT2D eigenvalue weighted by molar-refractivity contribution is 0.475. The summed E-state index contributed by atoms with van der Waals surface area (Å²) in [5.41, 5.74) is 1.68. The Kier molecular flexibility index (Phi) is 3.41. The van der Waals surface area contributed by atoms with Gasteiger partial charge in [0.15, 0.2) is 5.82 Å². The number of hydrogen-bond donors (Lipinski definition) is 1. The lowest BCUT2D eigenvalue weighted by atomic mass is 10.2. The molecule has 0 spiro atoms. The molecule has 1 aliphatic carbocycles. The van der Waals surface area contributed by atoms with E-state index in [-0.39, 0.29) is 10.8 Å². The summed E-state index contributed by atoms with van der Waals surface area (Å²) in [5, 5.41) is 10.1. The first-order chi connectivity index (χ1) is 9.06. The zero-order chi connectivity index (χ0) is 13.6. The van der Waals surface area contributed by atoms with Gasteiger partial charge in [0.2, 0.25) is 0 Å². The third kappa shape index (κ3) is 2.57. The molecule has 0 aliphatic heterocycles. The highest BCUT2D eigenvalue weighted by Crippen LogP contribution is 2.44. The van der Waals surface area contributed by atoms with Crippen LogP contribution in [0.15, 0.2) is 22.7 Å². The standard InChI is InChI=1S/C13H9BrCl2N2O/c14-10-11(6-1-2-6)17-13(18-12(10)16)7-3-4-9(19)8(15)5-7/h3-6,19H,1-2H2. The van der Waals surface area contributed by atoms with Gasteiger partial charge in [0.1, 0.15) is 10.9 Å². The van der Waals surface area contributed by atoms with Crippen molar-refractivity contribution in [3.8, 4) is 17.1 Å². The predicted molar refractivity (Wildman–Crippen MR) is 78.8 cm³/mol. The highest BCUT2D eigenvalue weighted by atomic mass is 79.9. The van der Waals surface area contributed by atoms with E-state index in [0.29, 0.717) is 16.9 Å². The van der Waals surface area contributed by atoms with Crippen LogP contribution in [0.2, 0.25) is 10.2 Å². The molecule has 3 nitrogen and oxygen atoms in total. The van der Waals surface area contributed by atoms with Crippen LogP contribution in [-0.2, 0) is 0 Å². The second kappa shape index (κ2) is 4.93. The monoisotopic (exact) mass is 358 g/mol. The molecule has 1 N–H and O–H groups in total. The van der Waals surface area contributed by atoms with Crippen molar-refractivity contribution < 1.29 is 5.11 Å². The van der Waals surface area contributed by atoms with Crippen molar-refractivity contribution in [2.45, 2.75) is 18.8 Å². The van der Waals surface area contributed by atoms with E-state index >= 15 is 0 Å². The van der Waals surface area contributed by atoms with Crippen LogP contribution < -0.4 is 0 Å². The van der Waals surface area contributed by atoms with Crippen LogP contribution in [0.4, 0.5) is 0 Å². The van der Waals surface area contributed by atoms with E-state index in [0.717, 1.165) is 28.6 Å². The minimum atomic E-state index is 0.0380. The number of phenols is 1. The van der Waals surface area contributed by atoms with Crippen molar-refractivity contribution in [1.82, 2.24) is 9.97 Å². The first kappa shape index (κ1) is 13.2. The maximum atomic E-state index is 9.44. The number of phenolic OH excluding ortho intramolecular Hbond substituents is 1. The van der Waals surface area contributed by atoms with Crippen molar-refractivity contribution in [2.75, 3.05) is 0 Å². The summed E-state index contributed by atoms with van der Waals surface area (Å²) in [7, 11) is 0. The first-order valence-electron chi connectivity index (χ1n) is 5.78. The minimum absolute atomic E-state index is 0.0380. The van der Waals surface area contributed by atoms with E-state index in [1.807, 2.05) is 0 Å². The molecular weight excluding hydrogens is 351 g/mol. The second-order valence-electron chi connectivity index (χ2n) is 4.48. The number of aromatic nitrogens is 2. The molecule has 0 amide bonds. The molecule has 0 radical (unpaired) electrons. The summed E-state index contributed by atoms with van der Waals surface area (Å²) in [6.07, 6.45) is 2.25. The molecule has 1 aromatic carbocycles. The lowest BCUT2D eigenvalue weighted by Crippen LogP contribution is -1.97. The summed E-state index contributed by atoms with van der Waals surface area (Å²) in [4.78, 5) is 8.81. The normalized spacial score (nSPS) is 14.7. The summed E-state index contributed by atoms with van der Waals surface area (Å²) in [6.45, 7) is 0. The Bertz CT molecular complexity index is 659. The highest BCUT2D eigenvalue weighted by Gasteiger charge is 2.29. The maximum absolute atomic E-state index is 9.44. The molecule has 2 aromatic rings. The highest BCUT2D eigenvalue weighted by molar-refractivity contribution is 9.10. The molecule has 0 bridgehead atoms. The SMILES string of the molecule is Oc1ccc(-c2nc(Cl)c(Br)c(C3CC3)n2)cc1Cl. The first-order valence-corrected chi connectivity index (χ1v) is 7.33. The second-order valence-corrected chi connectivity index (χ2v) is 6.04. The van der Waals surface area contributed by atoms with Crippen LogP contribution >= 0.6 is 39.1 Å². The molecule has 98 valence electrons. The van der Waals surface area contributed by atoms with Crippen molar-refractivity contribution in [3.05, 3.63) is 38.5 Å². The molecule has 0 atom stereocenters. The van der Waals surface area contributed by atoms with E-state index in [1.54, 1.807) is 12.1 Å². The Balaban J connectivity index is 2.11. The molecule has 1 heterocycles. The van der Waals surface area contributed by atoms with Gasteiger partial charge in [-0.3, -0.25) is 0 Å². The molecule has 1 fully saturated rings. The molecule has 0 unspecified atom stereocenters. The molecule has 0 saturated heterocycles. The zero-order valence-electron chi connectivity index (χ0n) is 9.70. The number of halogens is 3. The summed E-state index contributed by atoms with van der Waals surface area (Å²) in [6, 6.07) is 4.87.